The van der Waals surface area contributed by atoms with Crippen LogP contribution in [0.4, 0.5) is 4.39 Å². The molecule has 2 unspecified atom stereocenters. The minimum Gasteiger partial charge on any atom is -0.376 e. The molecule has 0 aliphatic carbocycles. The van der Waals surface area contributed by atoms with E-state index in [2.05, 4.69) is 15.3 Å². The zero-order valence-electron chi connectivity index (χ0n) is 10.8. The predicted octanol–water partition coefficient (Wildman–Crippen LogP) is 2.27. The Morgan fingerprint density at radius 3 is 3.00 bits per heavy atom. The zero-order chi connectivity index (χ0) is 14.3. The number of hydrogen-bond donors (Lipinski definition) is 3. The van der Waals surface area contributed by atoms with Crippen LogP contribution in [0.15, 0.2) is 12.1 Å². The summed E-state index contributed by atoms with van der Waals surface area (Å²) in [5.74, 6) is -0.814. The van der Waals surface area contributed by atoms with Crippen molar-refractivity contribution in [1.29, 1.82) is 0 Å². The van der Waals surface area contributed by atoms with Gasteiger partial charge in [-0.25, -0.2) is 4.39 Å². The number of imidazole rings is 1. The van der Waals surface area contributed by atoms with E-state index in [4.69, 9.17) is 17.0 Å². The highest BCUT2D eigenvalue weighted by Crippen LogP contribution is 2.19. The lowest BCUT2D eigenvalue weighted by atomic mass is 10.1. The summed E-state index contributed by atoms with van der Waals surface area (Å²) in [6.07, 6.45) is 0.724. The molecule has 1 amide bonds. The molecule has 2 aromatic rings. The Kier molecular flexibility index (Phi) is 3.31. The third-order valence-electron chi connectivity index (χ3n) is 3.53. The molecule has 106 valence electrons. The summed E-state index contributed by atoms with van der Waals surface area (Å²) in [5.41, 5.74) is 1.24. The van der Waals surface area contributed by atoms with Crippen LogP contribution < -0.4 is 5.32 Å². The maximum absolute atomic E-state index is 13.6. The highest BCUT2D eigenvalue weighted by Gasteiger charge is 2.27. The molecular formula is C13H14FN3O2S. The maximum atomic E-state index is 13.6. The number of aromatic nitrogens is 2. The fourth-order valence-corrected chi connectivity index (χ4v) is 2.67. The van der Waals surface area contributed by atoms with Crippen LogP contribution >= 0.6 is 12.2 Å². The van der Waals surface area contributed by atoms with Crippen LogP contribution in [-0.2, 0) is 4.74 Å². The van der Waals surface area contributed by atoms with Crippen LogP contribution in [0.2, 0.25) is 0 Å². The standard InChI is InChI=1S/C13H14FN3O2S/c1-6-9(2-3-19-6)15-12(18)8-4-7(14)5-10-11(8)17-13(20)16-10/h4-6,9H,2-3H2,1H3,(H,15,18)(H2,16,17,20). The van der Waals surface area contributed by atoms with Crippen molar-refractivity contribution >= 4 is 29.2 Å². The number of carbonyl (C=O) groups is 1. The molecular weight excluding hydrogens is 281 g/mol. The van der Waals surface area contributed by atoms with Crippen LogP contribution in [0.1, 0.15) is 23.7 Å². The van der Waals surface area contributed by atoms with Crippen molar-refractivity contribution in [2.75, 3.05) is 6.61 Å². The molecule has 1 aromatic heterocycles. The molecule has 3 rings (SSSR count). The molecule has 3 N–H and O–H groups in total. The van der Waals surface area contributed by atoms with Gasteiger partial charge in [0, 0.05) is 6.61 Å². The van der Waals surface area contributed by atoms with Gasteiger partial charge in [0.05, 0.1) is 28.7 Å². The van der Waals surface area contributed by atoms with Crippen LogP contribution in [-0.4, -0.2) is 34.6 Å². The highest BCUT2D eigenvalue weighted by molar-refractivity contribution is 7.71. The predicted molar refractivity (Wildman–Crippen MR) is 74.7 cm³/mol. The maximum Gasteiger partial charge on any atom is 0.253 e. The lowest BCUT2D eigenvalue weighted by Gasteiger charge is -2.16. The van der Waals surface area contributed by atoms with Gasteiger partial charge in [0.2, 0.25) is 0 Å². The summed E-state index contributed by atoms with van der Waals surface area (Å²) in [6, 6.07) is 2.46. The topological polar surface area (TPSA) is 69.9 Å². The van der Waals surface area contributed by atoms with Gasteiger partial charge in [-0.2, -0.15) is 0 Å². The third kappa shape index (κ3) is 2.34. The van der Waals surface area contributed by atoms with E-state index < -0.39 is 5.82 Å². The van der Waals surface area contributed by atoms with E-state index in [-0.39, 0.29) is 23.6 Å². The Hall–Kier alpha value is -1.73. The number of fused-ring (bicyclic) bond motifs is 1. The lowest BCUT2D eigenvalue weighted by molar-refractivity contribution is 0.0867. The Balaban J connectivity index is 1.96. The molecule has 1 saturated heterocycles. The highest BCUT2D eigenvalue weighted by atomic mass is 32.1. The molecule has 2 heterocycles. The lowest BCUT2D eigenvalue weighted by Crippen LogP contribution is -2.39. The number of nitrogens with one attached hydrogen (secondary N) is 3. The molecule has 1 aliphatic heterocycles. The summed E-state index contributed by atoms with van der Waals surface area (Å²) in [5, 5.41) is 2.88. The monoisotopic (exact) mass is 295 g/mol. The Labute approximate surface area is 119 Å². The van der Waals surface area contributed by atoms with Gasteiger partial charge in [0.25, 0.3) is 5.91 Å². The second kappa shape index (κ2) is 4.99. The number of halogens is 1. The molecule has 5 nitrogen and oxygen atoms in total. The van der Waals surface area contributed by atoms with Gasteiger partial charge in [0.15, 0.2) is 4.77 Å². The van der Waals surface area contributed by atoms with E-state index in [1.165, 1.54) is 12.1 Å². The minimum atomic E-state index is -0.483. The molecule has 7 heteroatoms. The van der Waals surface area contributed by atoms with E-state index in [0.717, 1.165) is 6.42 Å². The first-order valence-electron chi connectivity index (χ1n) is 6.38. The van der Waals surface area contributed by atoms with Crippen LogP contribution in [0.25, 0.3) is 11.0 Å². The van der Waals surface area contributed by atoms with Crippen molar-refractivity contribution in [3.05, 3.63) is 28.3 Å². The summed E-state index contributed by atoms with van der Waals surface area (Å²) < 4.78 is 19.3. The first-order chi connectivity index (χ1) is 9.54. The van der Waals surface area contributed by atoms with E-state index in [9.17, 15) is 9.18 Å². The fourth-order valence-electron chi connectivity index (χ4n) is 2.45. The number of hydrogen-bond acceptors (Lipinski definition) is 3. The van der Waals surface area contributed by atoms with Gasteiger partial charge in [0.1, 0.15) is 5.82 Å². The fraction of sp³-hybridized carbons (Fsp3) is 0.385. The number of benzene rings is 1. The molecule has 1 aliphatic rings. The molecule has 20 heavy (non-hydrogen) atoms. The quantitative estimate of drug-likeness (QED) is 0.744. The number of H-pyrrole nitrogens is 2. The van der Waals surface area contributed by atoms with Gasteiger partial charge in [-0.1, -0.05) is 0 Å². The number of amides is 1. The van der Waals surface area contributed by atoms with E-state index in [1.54, 1.807) is 0 Å². The molecule has 2 atom stereocenters. The largest absolute Gasteiger partial charge is 0.376 e. The first-order valence-corrected chi connectivity index (χ1v) is 6.79. The molecule has 1 aromatic carbocycles. The zero-order valence-corrected chi connectivity index (χ0v) is 11.6. The van der Waals surface area contributed by atoms with E-state index in [0.29, 0.717) is 22.4 Å². The van der Waals surface area contributed by atoms with Crippen molar-refractivity contribution in [3.8, 4) is 0 Å². The average Bonchev–Trinajstić information content (AvgIpc) is 2.94. The van der Waals surface area contributed by atoms with Crippen LogP contribution in [0, 0.1) is 10.6 Å². The molecule has 0 bridgehead atoms. The Morgan fingerprint density at radius 2 is 2.30 bits per heavy atom. The molecule has 1 fully saturated rings. The normalized spacial score (nSPS) is 22.3. The Bertz CT molecular complexity index is 724. The van der Waals surface area contributed by atoms with Crippen molar-refractivity contribution in [2.45, 2.75) is 25.5 Å². The summed E-state index contributed by atoms with van der Waals surface area (Å²) >= 11 is 4.98. The third-order valence-corrected chi connectivity index (χ3v) is 3.73. The molecule has 0 radical (unpaired) electrons. The minimum absolute atomic E-state index is 0.0345. The number of carbonyl (C=O) groups excluding carboxylic acids is 1. The van der Waals surface area contributed by atoms with E-state index >= 15 is 0 Å². The average molecular weight is 295 g/mol. The van der Waals surface area contributed by atoms with Gasteiger partial charge in [-0.15, -0.1) is 0 Å². The van der Waals surface area contributed by atoms with E-state index in [1.807, 2.05) is 6.92 Å². The van der Waals surface area contributed by atoms with Gasteiger partial charge < -0.3 is 20.0 Å². The second-order valence-corrected chi connectivity index (χ2v) is 5.31. The van der Waals surface area contributed by atoms with Crippen LogP contribution in [0.5, 0.6) is 0 Å². The smallest absolute Gasteiger partial charge is 0.253 e. The van der Waals surface area contributed by atoms with Gasteiger partial charge in [-0.05, 0) is 37.7 Å². The van der Waals surface area contributed by atoms with Crippen molar-refractivity contribution in [1.82, 2.24) is 15.3 Å². The number of ether oxygens (including phenoxy) is 1. The number of aromatic amines is 2. The molecule has 0 spiro atoms. The summed E-state index contributed by atoms with van der Waals surface area (Å²) in [4.78, 5) is 18.0. The van der Waals surface area contributed by atoms with Crippen molar-refractivity contribution < 1.29 is 13.9 Å². The van der Waals surface area contributed by atoms with Gasteiger partial charge >= 0.3 is 0 Å². The van der Waals surface area contributed by atoms with Crippen LogP contribution in [0.3, 0.4) is 0 Å². The molecule has 0 saturated carbocycles. The second-order valence-electron chi connectivity index (χ2n) is 4.90. The summed E-state index contributed by atoms with van der Waals surface area (Å²) in [7, 11) is 0. The Morgan fingerprint density at radius 1 is 1.50 bits per heavy atom. The SMILES string of the molecule is CC1OCCC1NC(=O)c1cc(F)cc2[nH]c(=S)[nH]c12. The number of rotatable bonds is 2. The van der Waals surface area contributed by atoms with Crippen molar-refractivity contribution in [2.24, 2.45) is 0 Å². The first kappa shape index (κ1) is 13.3. The van der Waals surface area contributed by atoms with Crippen molar-refractivity contribution in [3.63, 3.8) is 0 Å². The van der Waals surface area contributed by atoms with Gasteiger partial charge in [-0.3, -0.25) is 4.79 Å². The summed E-state index contributed by atoms with van der Waals surface area (Å²) in [6.45, 7) is 2.53.